The summed E-state index contributed by atoms with van der Waals surface area (Å²) in [5.41, 5.74) is 1.81. The molecule has 0 aliphatic heterocycles. The highest BCUT2D eigenvalue weighted by Crippen LogP contribution is 2.35. The minimum atomic E-state index is -0.507. The van der Waals surface area contributed by atoms with Gasteiger partial charge in [-0.1, -0.05) is 36.2 Å². The summed E-state index contributed by atoms with van der Waals surface area (Å²) in [4.78, 5) is 0. The molecule has 1 aromatic heterocycles. The molecule has 1 atom stereocenters. The first kappa shape index (κ1) is 12.7. The number of fused-ring (bicyclic) bond motifs is 1. The van der Waals surface area contributed by atoms with E-state index in [2.05, 4.69) is 11.5 Å². The molecule has 0 fully saturated rings. The van der Waals surface area contributed by atoms with Gasteiger partial charge in [0.2, 0.25) is 0 Å². The molecule has 0 aliphatic carbocycles. The van der Waals surface area contributed by atoms with Gasteiger partial charge in [-0.15, -0.1) is 0 Å². The number of hydrogen-bond donors (Lipinski definition) is 1. The molecule has 2 aromatic rings. The van der Waals surface area contributed by atoms with Crippen molar-refractivity contribution in [3.63, 3.8) is 0 Å². The molecule has 0 saturated carbocycles. The fraction of sp³-hybridized carbons (Fsp3) is 0.385. The zero-order chi connectivity index (χ0) is 12.6. The summed E-state index contributed by atoms with van der Waals surface area (Å²) < 4.78 is 2.06. The Bertz CT molecular complexity index is 546. The molecule has 0 aliphatic rings. The van der Waals surface area contributed by atoms with Gasteiger partial charge in [-0.3, -0.25) is 0 Å². The van der Waals surface area contributed by atoms with Crippen molar-refractivity contribution in [1.82, 2.24) is 4.57 Å². The Morgan fingerprint density at radius 2 is 2.06 bits per heavy atom. The van der Waals surface area contributed by atoms with E-state index in [-0.39, 0.29) is 0 Å². The predicted octanol–water partition coefficient (Wildman–Crippen LogP) is 4.41. The molecule has 4 heteroatoms. The minimum absolute atomic E-state index is 0.507. The SMILES string of the molecule is CCCn1cc(C(C)O)c2ccc(Cl)c(Cl)c21. The monoisotopic (exact) mass is 271 g/mol. The van der Waals surface area contributed by atoms with Crippen LogP contribution in [0.4, 0.5) is 0 Å². The van der Waals surface area contributed by atoms with Crippen molar-refractivity contribution in [3.05, 3.63) is 33.9 Å². The first-order valence-corrected chi connectivity index (χ1v) is 6.46. The number of aryl methyl sites for hydroxylation is 1. The topological polar surface area (TPSA) is 25.2 Å². The highest BCUT2D eigenvalue weighted by Gasteiger charge is 2.15. The maximum absolute atomic E-state index is 9.77. The van der Waals surface area contributed by atoms with E-state index in [0.717, 1.165) is 29.4 Å². The van der Waals surface area contributed by atoms with E-state index in [4.69, 9.17) is 23.2 Å². The highest BCUT2D eigenvalue weighted by atomic mass is 35.5. The number of nitrogens with zero attached hydrogens (tertiary/aromatic N) is 1. The van der Waals surface area contributed by atoms with Crippen LogP contribution in [0.25, 0.3) is 10.9 Å². The molecule has 0 amide bonds. The Kier molecular flexibility index (Phi) is 3.67. The molecule has 1 heterocycles. The summed E-state index contributed by atoms with van der Waals surface area (Å²) in [5.74, 6) is 0. The van der Waals surface area contributed by atoms with Crippen molar-refractivity contribution in [2.75, 3.05) is 0 Å². The molecule has 0 bridgehead atoms. The van der Waals surface area contributed by atoms with Crippen molar-refractivity contribution in [2.45, 2.75) is 32.9 Å². The van der Waals surface area contributed by atoms with Crippen LogP contribution in [0.2, 0.25) is 10.0 Å². The van der Waals surface area contributed by atoms with Crippen molar-refractivity contribution >= 4 is 34.1 Å². The van der Waals surface area contributed by atoms with Crippen molar-refractivity contribution < 1.29 is 5.11 Å². The number of hydrogen-bond acceptors (Lipinski definition) is 1. The summed E-state index contributed by atoms with van der Waals surface area (Å²) in [7, 11) is 0. The van der Waals surface area contributed by atoms with Gasteiger partial charge in [0.05, 0.1) is 21.7 Å². The number of halogens is 2. The zero-order valence-electron chi connectivity index (χ0n) is 9.87. The lowest BCUT2D eigenvalue weighted by molar-refractivity contribution is 0.200. The zero-order valence-corrected chi connectivity index (χ0v) is 11.4. The average molecular weight is 272 g/mol. The van der Waals surface area contributed by atoms with E-state index < -0.39 is 6.10 Å². The smallest absolute Gasteiger partial charge is 0.0835 e. The van der Waals surface area contributed by atoms with Crippen LogP contribution in [-0.4, -0.2) is 9.67 Å². The maximum atomic E-state index is 9.77. The second-order valence-electron chi connectivity index (χ2n) is 4.21. The summed E-state index contributed by atoms with van der Waals surface area (Å²) in [6, 6.07) is 3.69. The van der Waals surface area contributed by atoms with Crippen LogP contribution in [0.5, 0.6) is 0 Å². The third-order valence-electron chi connectivity index (χ3n) is 2.88. The van der Waals surface area contributed by atoms with E-state index in [1.165, 1.54) is 0 Å². The van der Waals surface area contributed by atoms with Gasteiger partial charge in [0.15, 0.2) is 0 Å². The van der Waals surface area contributed by atoms with Gasteiger partial charge in [-0.05, 0) is 19.4 Å². The second-order valence-corrected chi connectivity index (χ2v) is 5.00. The molecule has 1 unspecified atom stereocenters. The molecule has 2 nitrogen and oxygen atoms in total. The quantitative estimate of drug-likeness (QED) is 0.879. The third-order valence-corrected chi connectivity index (χ3v) is 3.67. The van der Waals surface area contributed by atoms with Crippen molar-refractivity contribution in [1.29, 1.82) is 0 Å². The van der Waals surface area contributed by atoms with E-state index in [1.54, 1.807) is 13.0 Å². The van der Waals surface area contributed by atoms with Crippen LogP contribution >= 0.6 is 23.2 Å². The lowest BCUT2D eigenvalue weighted by Crippen LogP contribution is -1.95. The Morgan fingerprint density at radius 3 is 2.65 bits per heavy atom. The first-order valence-electron chi connectivity index (χ1n) is 5.71. The lowest BCUT2D eigenvalue weighted by Gasteiger charge is -2.05. The summed E-state index contributed by atoms with van der Waals surface area (Å²) in [6.07, 6.45) is 2.46. The predicted molar refractivity (Wildman–Crippen MR) is 72.9 cm³/mol. The summed E-state index contributed by atoms with van der Waals surface area (Å²) in [6.45, 7) is 4.73. The number of rotatable bonds is 3. The van der Waals surface area contributed by atoms with Crippen LogP contribution < -0.4 is 0 Å². The maximum Gasteiger partial charge on any atom is 0.0835 e. The fourth-order valence-corrected chi connectivity index (χ4v) is 2.53. The molecule has 0 radical (unpaired) electrons. The third kappa shape index (κ3) is 2.17. The number of aliphatic hydroxyl groups is 1. The summed E-state index contributed by atoms with van der Waals surface area (Å²) >= 11 is 12.3. The molecule has 0 saturated heterocycles. The molecular weight excluding hydrogens is 257 g/mol. The van der Waals surface area contributed by atoms with Crippen molar-refractivity contribution in [2.24, 2.45) is 0 Å². The standard InChI is InChI=1S/C13H15Cl2NO/c1-3-6-16-7-10(8(2)17)9-4-5-11(14)12(15)13(9)16/h4-5,7-8,17H,3,6H2,1-2H3. The van der Waals surface area contributed by atoms with E-state index in [0.29, 0.717) is 10.0 Å². The van der Waals surface area contributed by atoms with E-state index >= 15 is 0 Å². The van der Waals surface area contributed by atoms with Gasteiger partial charge in [0, 0.05) is 23.7 Å². The summed E-state index contributed by atoms with van der Waals surface area (Å²) in [5, 5.41) is 11.9. The second kappa shape index (κ2) is 4.89. The lowest BCUT2D eigenvalue weighted by atomic mass is 10.1. The molecule has 2 rings (SSSR count). The van der Waals surface area contributed by atoms with Crippen LogP contribution in [-0.2, 0) is 6.54 Å². The molecule has 0 spiro atoms. The van der Waals surface area contributed by atoms with Gasteiger partial charge >= 0.3 is 0 Å². The van der Waals surface area contributed by atoms with Crippen LogP contribution in [0.3, 0.4) is 0 Å². The van der Waals surface area contributed by atoms with Crippen LogP contribution in [0.15, 0.2) is 18.3 Å². The van der Waals surface area contributed by atoms with E-state index in [1.807, 2.05) is 12.3 Å². The minimum Gasteiger partial charge on any atom is -0.389 e. The Labute approximate surface area is 111 Å². The molecule has 17 heavy (non-hydrogen) atoms. The molecule has 92 valence electrons. The van der Waals surface area contributed by atoms with Gasteiger partial charge in [-0.2, -0.15) is 0 Å². The first-order chi connectivity index (χ1) is 8.06. The Balaban J connectivity index is 2.76. The Hall–Kier alpha value is -0.700. The van der Waals surface area contributed by atoms with E-state index in [9.17, 15) is 5.11 Å². The van der Waals surface area contributed by atoms with Gasteiger partial charge < -0.3 is 9.67 Å². The normalized spacial score (nSPS) is 13.2. The largest absolute Gasteiger partial charge is 0.389 e. The van der Waals surface area contributed by atoms with Gasteiger partial charge in [-0.25, -0.2) is 0 Å². The number of benzene rings is 1. The Morgan fingerprint density at radius 1 is 1.35 bits per heavy atom. The molecule has 1 N–H and O–H groups in total. The number of aliphatic hydroxyl groups excluding tert-OH is 1. The van der Waals surface area contributed by atoms with Gasteiger partial charge in [0.1, 0.15) is 0 Å². The number of aromatic nitrogens is 1. The van der Waals surface area contributed by atoms with Crippen LogP contribution in [0.1, 0.15) is 31.9 Å². The average Bonchev–Trinajstić information content (AvgIpc) is 2.64. The van der Waals surface area contributed by atoms with Crippen LogP contribution in [0, 0.1) is 0 Å². The fourth-order valence-electron chi connectivity index (χ4n) is 2.11. The van der Waals surface area contributed by atoms with Crippen molar-refractivity contribution in [3.8, 4) is 0 Å². The highest BCUT2D eigenvalue weighted by molar-refractivity contribution is 6.45. The molecule has 1 aromatic carbocycles. The van der Waals surface area contributed by atoms with Gasteiger partial charge in [0.25, 0.3) is 0 Å². The molecular formula is C13H15Cl2NO.